The second kappa shape index (κ2) is 7.20. The van der Waals surface area contributed by atoms with Crippen molar-refractivity contribution in [3.8, 4) is 0 Å². The van der Waals surface area contributed by atoms with Crippen LogP contribution < -0.4 is 0 Å². The first-order valence-corrected chi connectivity index (χ1v) is 11.3. The van der Waals surface area contributed by atoms with Gasteiger partial charge in [0, 0.05) is 25.0 Å². The molecule has 4 fully saturated rings. The fourth-order valence-corrected chi connectivity index (χ4v) is 5.99. The third-order valence-electron chi connectivity index (χ3n) is 7.66. The van der Waals surface area contributed by atoms with Gasteiger partial charge in [-0.2, -0.15) is 0 Å². The van der Waals surface area contributed by atoms with E-state index in [0.29, 0.717) is 17.9 Å². The molecule has 0 unspecified atom stereocenters. The minimum atomic E-state index is -0.196. The van der Waals surface area contributed by atoms with E-state index in [0.717, 1.165) is 45.2 Å². The smallest absolute Gasteiger partial charge is 0.245 e. The molecule has 0 aromatic heterocycles. The van der Waals surface area contributed by atoms with Crippen molar-refractivity contribution in [2.45, 2.75) is 76.3 Å². The van der Waals surface area contributed by atoms with Gasteiger partial charge in [-0.05, 0) is 62.8 Å². The Morgan fingerprint density at radius 2 is 1.61 bits per heavy atom. The average molecular weight is 381 g/mol. The molecule has 150 valence electrons. The van der Waals surface area contributed by atoms with Gasteiger partial charge in [0.25, 0.3) is 0 Å². The lowest BCUT2D eigenvalue weighted by Gasteiger charge is -2.35. The summed E-state index contributed by atoms with van der Waals surface area (Å²) < 4.78 is 0. The average Bonchev–Trinajstić information content (AvgIpc) is 3.14. The summed E-state index contributed by atoms with van der Waals surface area (Å²) in [5.74, 6) is 1.45. The number of rotatable bonds is 3. The van der Waals surface area contributed by atoms with Crippen molar-refractivity contribution in [3.05, 3.63) is 35.4 Å². The number of likely N-dealkylation sites (tertiary alicyclic amines) is 2. The van der Waals surface area contributed by atoms with Crippen molar-refractivity contribution in [1.82, 2.24) is 9.80 Å². The highest BCUT2D eigenvalue weighted by atomic mass is 16.2. The molecule has 2 saturated heterocycles. The van der Waals surface area contributed by atoms with Gasteiger partial charge in [0.1, 0.15) is 6.04 Å². The maximum absolute atomic E-state index is 13.6. The summed E-state index contributed by atoms with van der Waals surface area (Å²) in [7, 11) is 0. The molecule has 2 heterocycles. The zero-order chi connectivity index (χ0) is 19.3. The summed E-state index contributed by atoms with van der Waals surface area (Å²) in [6.07, 6.45) is 8.78. The molecule has 4 heteroatoms. The van der Waals surface area contributed by atoms with Crippen LogP contribution in [0.25, 0.3) is 0 Å². The van der Waals surface area contributed by atoms with Gasteiger partial charge in [0.05, 0.1) is 0 Å². The topological polar surface area (TPSA) is 40.6 Å². The quantitative estimate of drug-likeness (QED) is 0.798. The summed E-state index contributed by atoms with van der Waals surface area (Å²) in [6, 6.07) is 8.74. The molecule has 2 aliphatic carbocycles. The highest BCUT2D eigenvalue weighted by Gasteiger charge is 2.54. The van der Waals surface area contributed by atoms with Crippen LogP contribution in [0, 0.1) is 18.8 Å². The van der Waals surface area contributed by atoms with Crippen LogP contribution in [-0.2, 0) is 9.59 Å². The van der Waals surface area contributed by atoms with Gasteiger partial charge in [-0.3, -0.25) is 9.59 Å². The molecule has 2 aliphatic heterocycles. The van der Waals surface area contributed by atoms with Gasteiger partial charge in [0.2, 0.25) is 11.8 Å². The Kier molecular flexibility index (Phi) is 4.68. The predicted molar refractivity (Wildman–Crippen MR) is 109 cm³/mol. The number of aryl methyl sites for hydroxylation is 1. The maximum atomic E-state index is 13.6. The third-order valence-corrected chi connectivity index (χ3v) is 7.66. The van der Waals surface area contributed by atoms with E-state index >= 15 is 0 Å². The number of hydrogen-bond donors (Lipinski definition) is 0. The van der Waals surface area contributed by atoms with Crippen LogP contribution in [0.4, 0.5) is 0 Å². The molecule has 5 rings (SSSR count). The zero-order valence-electron chi connectivity index (χ0n) is 17.0. The lowest BCUT2D eigenvalue weighted by atomic mass is 9.84. The largest absolute Gasteiger partial charge is 0.341 e. The van der Waals surface area contributed by atoms with Gasteiger partial charge >= 0.3 is 0 Å². The molecular weight excluding hydrogens is 348 g/mol. The van der Waals surface area contributed by atoms with E-state index in [1.54, 1.807) is 0 Å². The number of nitrogens with zero attached hydrogens (tertiary/aromatic N) is 2. The van der Waals surface area contributed by atoms with E-state index in [9.17, 15) is 9.59 Å². The molecule has 1 aromatic carbocycles. The fraction of sp³-hybridized carbons (Fsp3) is 0.667. The lowest BCUT2D eigenvalue weighted by Crippen LogP contribution is -2.50. The predicted octanol–water partition coefficient (Wildman–Crippen LogP) is 3.88. The fourth-order valence-electron chi connectivity index (χ4n) is 5.99. The highest BCUT2D eigenvalue weighted by molar-refractivity contribution is 5.91. The summed E-state index contributed by atoms with van der Waals surface area (Å²) in [5.41, 5.74) is 2.54. The molecule has 4 nitrogen and oxygen atoms in total. The first-order valence-electron chi connectivity index (χ1n) is 11.3. The van der Waals surface area contributed by atoms with Crippen molar-refractivity contribution in [2.24, 2.45) is 11.8 Å². The molecule has 2 amide bonds. The Labute approximate surface area is 168 Å². The monoisotopic (exact) mass is 380 g/mol. The van der Waals surface area contributed by atoms with Crippen LogP contribution in [0.2, 0.25) is 0 Å². The number of fused-ring (bicyclic) bond motifs is 1. The van der Waals surface area contributed by atoms with E-state index in [2.05, 4.69) is 36.1 Å². The number of hydrogen-bond acceptors (Lipinski definition) is 2. The highest BCUT2D eigenvalue weighted by Crippen LogP contribution is 2.51. The minimum Gasteiger partial charge on any atom is -0.341 e. The van der Waals surface area contributed by atoms with E-state index in [1.807, 2.05) is 4.90 Å². The Hall–Kier alpha value is -1.84. The Morgan fingerprint density at radius 3 is 2.36 bits per heavy atom. The summed E-state index contributed by atoms with van der Waals surface area (Å²) in [4.78, 5) is 31.0. The molecule has 28 heavy (non-hydrogen) atoms. The SMILES string of the molecule is Cc1ccc([C@H]2C[C@H]2C(=O)N2[C@H](C(=O)N3CCCC3)C[C@@H]3CCCC[C@@H]32)cc1. The Morgan fingerprint density at radius 1 is 0.893 bits per heavy atom. The first kappa shape index (κ1) is 18.2. The van der Waals surface area contributed by atoms with Crippen LogP contribution in [-0.4, -0.2) is 46.8 Å². The van der Waals surface area contributed by atoms with Crippen molar-refractivity contribution in [3.63, 3.8) is 0 Å². The van der Waals surface area contributed by atoms with Gasteiger partial charge in [-0.25, -0.2) is 0 Å². The van der Waals surface area contributed by atoms with E-state index in [-0.39, 0.29) is 23.8 Å². The Bertz CT molecular complexity index is 752. The summed E-state index contributed by atoms with van der Waals surface area (Å²) >= 11 is 0. The summed E-state index contributed by atoms with van der Waals surface area (Å²) in [6.45, 7) is 3.85. The second-order valence-electron chi connectivity index (χ2n) is 9.50. The van der Waals surface area contributed by atoms with Crippen LogP contribution in [0.3, 0.4) is 0 Å². The van der Waals surface area contributed by atoms with Crippen LogP contribution in [0.1, 0.15) is 68.4 Å². The molecule has 1 aromatic rings. The van der Waals surface area contributed by atoms with E-state index in [4.69, 9.17) is 0 Å². The van der Waals surface area contributed by atoms with Gasteiger partial charge in [-0.15, -0.1) is 0 Å². The molecule has 2 saturated carbocycles. The van der Waals surface area contributed by atoms with Crippen molar-refractivity contribution in [1.29, 1.82) is 0 Å². The minimum absolute atomic E-state index is 0.0808. The third kappa shape index (κ3) is 3.15. The van der Waals surface area contributed by atoms with Crippen molar-refractivity contribution in [2.75, 3.05) is 13.1 Å². The van der Waals surface area contributed by atoms with Crippen LogP contribution in [0.5, 0.6) is 0 Å². The number of carbonyl (C=O) groups excluding carboxylic acids is 2. The number of carbonyl (C=O) groups is 2. The van der Waals surface area contributed by atoms with Crippen molar-refractivity contribution < 1.29 is 9.59 Å². The van der Waals surface area contributed by atoms with E-state index < -0.39 is 0 Å². The van der Waals surface area contributed by atoms with Gasteiger partial charge in [-0.1, -0.05) is 42.7 Å². The molecule has 0 bridgehead atoms. The normalized spacial score (nSPS) is 34.4. The van der Waals surface area contributed by atoms with Crippen molar-refractivity contribution >= 4 is 11.8 Å². The van der Waals surface area contributed by atoms with Crippen LogP contribution >= 0.6 is 0 Å². The first-order chi connectivity index (χ1) is 13.6. The molecule has 5 atom stereocenters. The zero-order valence-corrected chi connectivity index (χ0v) is 17.0. The van der Waals surface area contributed by atoms with E-state index in [1.165, 1.54) is 30.4 Å². The standard InChI is InChI=1S/C24H32N2O2/c1-16-8-10-17(11-9-16)19-15-20(19)23(27)26-21-7-3-2-6-18(21)14-22(26)24(28)25-12-4-5-13-25/h8-11,18-22H,2-7,12-15H2,1H3/t18-,19+,20+,21-,22-/m0/s1. The van der Waals surface area contributed by atoms with Crippen LogP contribution in [0.15, 0.2) is 24.3 Å². The molecule has 4 aliphatic rings. The molecular formula is C24H32N2O2. The number of amides is 2. The Balaban J connectivity index is 1.36. The number of benzene rings is 1. The maximum Gasteiger partial charge on any atom is 0.245 e. The molecule has 0 radical (unpaired) electrons. The molecule has 0 spiro atoms. The lowest BCUT2D eigenvalue weighted by molar-refractivity contribution is -0.146. The molecule has 0 N–H and O–H groups in total. The van der Waals surface area contributed by atoms with Gasteiger partial charge < -0.3 is 9.80 Å². The second-order valence-corrected chi connectivity index (χ2v) is 9.50. The van der Waals surface area contributed by atoms with Gasteiger partial charge in [0.15, 0.2) is 0 Å². The summed E-state index contributed by atoms with van der Waals surface area (Å²) in [5, 5.41) is 0.